The molecule has 2 aromatic carbocycles. The normalized spacial score (nSPS) is 15.3. The lowest BCUT2D eigenvalue weighted by Gasteiger charge is -2.35. The van der Waals surface area contributed by atoms with Gasteiger partial charge in [-0.15, -0.1) is 0 Å². The van der Waals surface area contributed by atoms with Crippen LogP contribution in [0.25, 0.3) is 0 Å². The van der Waals surface area contributed by atoms with E-state index >= 15 is 0 Å². The monoisotopic (exact) mass is 517 g/mol. The molecule has 0 unspecified atom stereocenters. The van der Waals surface area contributed by atoms with Gasteiger partial charge < -0.3 is 15.0 Å². The van der Waals surface area contributed by atoms with E-state index in [0.29, 0.717) is 16.5 Å². The second kappa shape index (κ2) is 11.8. The number of carbonyl (C=O) groups is 1. The lowest BCUT2D eigenvalue weighted by molar-refractivity contribution is -0.139. The Balaban J connectivity index is 1.60. The molecule has 1 saturated heterocycles. The van der Waals surface area contributed by atoms with Crippen molar-refractivity contribution >= 4 is 17.5 Å². The number of hydrogen-bond donors (Lipinski definition) is 1. The van der Waals surface area contributed by atoms with Crippen LogP contribution < -0.4 is 10.1 Å². The maximum absolute atomic E-state index is 13.8. The van der Waals surface area contributed by atoms with Gasteiger partial charge in [0, 0.05) is 17.1 Å². The number of rotatable bonds is 8. The summed E-state index contributed by atoms with van der Waals surface area (Å²) in [6.07, 6.45) is -1.27. The molecule has 5 nitrogen and oxygen atoms in total. The Morgan fingerprint density at radius 3 is 2.36 bits per heavy atom. The van der Waals surface area contributed by atoms with Gasteiger partial charge in [0.05, 0.1) is 23.8 Å². The molecule has 1 aliphatic rings. The van der Waals surface area contributed by atoms with E-state index in [-0.39, 0.29) is 25.0 Å². The van der Waals surface area contributed by atoms with Gasteiger partial charge in [-0.05, 0) is 80.0 Å². The van der Waals surface area contributed by atoms with Crippen LogP contribution in [-0.4, -0.2) is 42.0 Å². The number of ether oxygens (including phenoxy) is 1. The zero-order valence-corrected chi connectivity index (χ0v) is 20.3. The number of halogens is 4. The van der Waals surface area contributed by atoms with Gasteiger partial charge >= 0.3 is 6.18 Å². The highest BCUT2D eigenvalue weighted by Gasteiger charge is 2.33. The SMILES string of the molecule is O=C(C1CCNCC1)N(CCOc1ccc(C(F)(F)F)cc1)[C@H](c1ccc(Cl)cc1)c1ccccn1. The van der Waals surface area contributed by atoms with Crippen LogP contribution in [-0.2, 0) is 11.0 Å². The molecular formula is C27H27ClF3N3O2. The van der Waals surface area contributed by atoms with Crippen LogP contribution in [0, 0.1) is 5.92 Å². The van der Waals surface area contributed by atoms with Crippen molar-refractivity contribution in [2.75, 3.05) is 26.2 Å². The molecule has 1 N–H and O–H groups in total. The highest BCUT2D eigenvalue weighted by Crippen LogP contribution is 2.32. The van der Waals surface area contributed by atoms with E-state index in [1.807, 2.05) is 30.3 Å². The molecule has 36 heavy (non-hydrogen) atoms. The van der Waals surface area contributed by atoms with Crippen LogP contribution in [0.2, 0.25) is 5.02 Å². The van der Waals surface area contributed by atoms with E-state index in [4.69, 9.17) is 16.3 Å². The fourth-order valence-corrected chi connectivity index (χ4v) is 4.49. The topological polar surface area (TPSA) is 54.5 Å². The van der Waals surface area contributed by atoms with Crippen molar-refractivity contribution in [1.82, 2.24) is 15.2 Å². The second-order valence-corrected chi connectivity index (χ2v) is 9.07. The van der Waals surface area contributed by atoms with Gasteiger partial charge in [-0.3, -0.25) is 9.78 Å². The van der Waals surface area contributed by atoms with Gasteiger partial charge in [-0.1, -0.05) is 29.8 Å². The van der Waals surface area contributed by atoms with E-state index in [1.54, 1.807) is 23.2 Å². The van der Waals surface area contributed by atoms with Crippen LogP contribution in [0.3, 0.4) is 0 Å². The molecule has 9 heteroatoms. The summed E-state index contributed by atoms with van der Waals surface area (Å²) in [5.41, 5.74) is 0.821. The summed E-state index contributed by atoms with van der Waals surface area (Å²) in [5, 5.41) is 3.87. The van der Waals surface area contributed by atoms with Crippen LogP contribution in [0.4, 0.5) is 13.2 Å². The number of piperidine rings is 1. The molecule has 1 amide bonds. The average molecular weight is 518 g/mol. The molecule has 1 atom stereocenters. The first-order valence-electron chi connectivity index (χ1n) is 11.8. The Morgan fingerprint density at radius 1 is 1.06 bits per heavy atom. The summed E-state index contributed by atoms with van der Waals surface area (Å²) < 4.78 is 44.4. The summed E-state index contributed by atoms with van der Waals surface area (Å²) in [5.74, 6) is 0.159. The van der Waals surface area contributed by atoms with Crippen molar-refractivity contribution in [3.8, 4) is 5.75 Å². The lowest BCUT2D eigenvalue weighted by atomic mass is 9.93. The number of hydrogen-bond acceptors (Lipinski definition) is 4. The predicted octanol–water partition coefficient (Wildman–Crippen LogP) is 5.75. The molecular weight excluding hydrogens is 491 g/mol. The molecule has 1 aromatic heterocycles. The van der Waals surface area contributed by atoms with E-state index in [1.165, 1.54) is 12.1 Å². The zero-order chi connectivity index (χ0) is 25.5. The van der Waals surface area contributed by atoms with Gasteiger partial charge in [0.25, 0.3) is 0 Å². The van der Waals surface area contributed by atoms with Crippen LogP contribution in [0.15, 0.2) is 72.9 Å². The van der Waals surface area contributed by atoms with Gasteiger partial charge in [-0.25, -0.2) is 0 Å². The molecule has 0 saturated carbocycles. The number of pyridine rings is 1. The van der Waals surface area contributed by atoms with E-state index < -0.39 is 17.8 Å². The van der Waals surface area contributed by atoms with Crippen molar-refractivity contribution in [2.24, 2.45) is 5.92 Å². The van der Waals surface area contributed by atoms with Crippen molar-refractivity contribution in [3.63, 3.8) is 0 Å². The Hall–Kier alpha value is -3.10. The first kappa shape index (κ1) is 26.0. The van der Waals surface area contributed by atoms with Crippen molar-refractivity contribution in [1.29, 1.82) is 0 Å². The summed E-state index contributed by atoms with van der Waals surface area (Å²) in [6.45, 7) is 1.87. The molecule has 0 radical (unpaired) electrons. The minimum Gasteiger partial charge on any atom is -0.492 e. The molecule has 0 bridgehead atoms. The molecule has 4 rings (SSSR count). The summed E-state index contributed by atoms with van der Waals surface area (Å²) in [7, 11) is 0. The minimum absolute atomic E-state index is 0.00174. The largest absolute Gasteiger partial charge is 0.492 e. The standard InChI is InChI=1S/C27H27ClF3N3O2/c28-22-8-4-19(5-9-22)25(24-3-1-2-14-33-24)34(26(35)20-12-15-32-16-13-20)17-18-36-23-10-6-21(7-11-23)27(29,30)31/h1-11,14,20,25,32H,12-13,15-18H2/t25-/m1/s1. The van der Waals surface area contributed by atoms with Crippen LogP contribution in [0.5, 0.6) is 5.75 Å². The number of nitrogens with one attached hydrogen (secondary N) is 1. The average Bonchev–Trinajstić information content (AvgIpc) is 2.89. The Morgan fingerprint density at radius 2 is 1.75 bits per heavy atom. The van der Waals surface area contributed by atoms with Gasteiger partial charge in [0.1, 0.15) is 12.4 Å². The van der Waals surface area contributed by atoms with Crippen molar-refractivity contribution < 1.29 is 22.7 Å². The molecule has 2 heterocycles. The molecule has 0 spiro atoms. The number of benzene rings is 2. The molecule has 190 valence electrons. The maximum Gasteiger partial charge on any atom is 0.416 e. The first-order chi connectivity index (χ1) is 17.3. The lowest BCUT2D eigenvalue weighted by Crippen LogP contribution is -2.45. The van der Waals surface area contributed by atoms with Gasteiger partial charge in [0.2, 0.25) is 5.91 Å². The number of alkyl halides is 3. The third kappa shape index (κ3) is 6.56. The fraction of sp³-hybridized carbons (Fsp3) is 0.333. The summed E-state index contributed by atoms with van der Waals surface area (Å²) in [6, 6.07) is 16.9. The fourth-order valence-electron chi connectivity index (χ4n) is 4.37. The maximum atomic E-state index is 13.8. The van der Waals surface area contributed by atoms with Crippen molar-refractivity contribution in [2.45, 2.75) is 25.1 Å². The zero-order valence-electron chi connectivity index (χ0n) is 19.5. The van der Waals surface area contributed by atoms with Crippen molar-refractivity contribution in [3.05, 3.63) is 94.8 Å². The second-order valence-electron chi connectivity index (χ2n) is 8.64. The van der Waals surface area contributed by atoms with Gasteiger partial charge in [0.15, 0.2) is 0 Å². The summed E-state index contributed by atoms with van der Waals surface area (Å²) >= 11 is 6.12. The Bertz CT molecular complexity index is 1120. The van der Waals surface area contributed by atoms with Crippen LogP contribution >= 0.6 is 11.6 Å². The molecule has 1 fully saturated rings. The van der Waals surface area contributed by atoms with E-state index in [0.717, 1.165) is 43.6 Å². The number of amides is 1. The molecule has 3 aromatic rings. The summed E-state index contributed by atoms with van der Waals surface area (Å²) in [4.78, 5) is 20.1. The van der Waals surface area contributed by atoms with Gasteiger partial charge in [-0.2, -0.15) is 13.2 Å². The molecule has 1 aliphatic heterocycles. The molecule has 0 aliphatic carbocycles. The van der Waals surface area contributed by atoms with Crippen LogP contribution in [0.1, 0.15) is 35.7 Å². The van der Waals surface area contributed by atoms with E-state index in [9.17, 15) is 18.0 Å². The quantitative estimate of drug-likeness (QED) is 0.413. The number of nitrogens with zero attached hydrogens (tertiary/aromatic N) is 2. The third-order valence-electron chi connectivity index (χ3n) is 6.22. The first-order valence-corrected chi connectivity index (χ1v) is 12.2. The highest BCUT2D eigenvalue weighted by molar-refractivity contribution is 6.30. The smallest absolute Gasteiger partial charge is 0.416 e. The predicted molar refractivity (Wildman–Crippen MR) is 132 cm³/mol. The minimum atomic E-state index is -4.41. The third-order valence-corrected chi connectivity index (χ3v) is 6.47. The Kier molecular flexibility index (Phi) is 8.48. The van der Waals surface area contributed by atoms with E-state index in [2.05, 4.69) is 10.3 Å². The number of aromatic nitrogens is 1. The Labute approximate surface area is 213 Å². The number of carbonyl (C=O) groups excluding carboxylic acids is 1. The highest BCUT2D eigenvalue weighted by atomic mass is 35.5.